The van der Waals surface area contributed by atoms with Crippen LogP contribution in [0, 0.1) is 0 Å². The lowest BCUT2D eigenvalue weighted by Gasteiger charge is -2.39. The molecule has 1 aliphatic rings. The topological polar surface area (TPSA) is 73.8 Å². The van der Waals surface area contributed by atoms with Gasteiger partial charge in [-0.3, -0.25) is 4.99 Å². The lowest BCUT2D eigenvalue weighted by molar-refractivity contribution is 0.376. The number of nitrogens with zero attached hydrogens (tertiary/aromatic N) is 2. The van der Waals surface area contributed by atoms with E-state index >= 15 is 0 Å². The summed E-state index contributed by atoms with van der Waals surface area (Å²) in [4.78, 5) is 6.51. The molecule has 10 heteroatoms. The largest absolute Gasteiger partial charge is 0.355 e. The van der Waals surface area contributed by atoms with E-state index in [1.54, 1.807) is 13.1 Å². The molecule has 0 saturated carbocycles. The van der Waals surface area contributed by atoms with E-state index in [4.69, 9.17) is 11.6 Å². The molecule has 0 aliphatic carbocycles. The van der Waals surface area contributed by atoms with Crippen molar-refractivity contribution < 1.29 is 8.42 Å². The summed E-state index contributed by atoms with van der Waals surface area (Å²) < 4.78 is 27.7. The normalized spacial score (nSPS) is 18.7. The van der Waals surface area contributed by atoms with Gasteiger partial charge in [0.05, 0.1) is 4.34 Å². The fraction of sp³-hybridized carbons (Fsp3) is 0.643. The molecule has 0 unspecified atom stereocenters. The van der Waals surface area contributed by atoms with Crippen molar-refractivity contribution in [2.45, 2.75) is 22.8 Å². The monoisotopic (exact) mass is 410 g/mol. The molecule has 2 heterocycles. The van der Waals surface area contributed by atoms with Crippen LogP contribution in [0.15, 0.2) is 21.3 Å². The third-order valence-electron chi connectivity index (χ3n) is 3.45. The van der Waals surface area contributed by atoms with Crippen LogP contribution in [-0.4, -0.2) is 63.0 Å². The van der Waals surface area contributed by atoms with Gasteiger partial charge in [0.15, 0.2) is 5.96 Å². The SMILES string of the molecule is CN=C(NCCNS(=O)(=O)c1ccc(Cl)s1)N1CCSC(C)(C)C1. The number of aliphatic imine (C=N–C) groups is 1. The number of hydrogen-bond donors (Lipinski definition) is 2. The first-order valence-electron chi connectivity index (χ1n) is 7.58. The zero-order valence-electron chi connectivity index (χ0n) is 14.0. The predicted octanol–water partition coefficient (Wildman–Crippen LogP) is 2.08. The quantitative estimate of drug-likeness (QED) is 0.441. The molecule has 24 heavy (non-hydrogen) atoms. The molecule has 1 aromatic rings. The van der Waals surface area contributed by atoms with Gasteiger partial charge in [0.25, 0.3) is 0 Å². The number of rotatable bonds is 5. The third-order valence-corrected chi connectivity index (χ3v) is 7.93. The van der Waals surface area contributed by atoms with Gasteiger partial charge < -0.3 is 10.2 Å². The van der Waals surface area contributed by atoms with Gasteiger partial charge >= 0.3 is 0 Å². The van der Waals surface area contributed by atoms with Crippen molar-refractivity contribution in [3.8, 4) is 0 Å². The van der Waals surface area contributed by atoms with E-state index in [1.165, 1.54) is 6.07 Å². The van der Waals surface area contributed by atoms with Gasteiger partial charge in [-0.2, -0.15) is 11.8 Å². The summed E-state index contributed by atoms with van der Waals surface area (Å²) in [6.45, 7) is 7.04. The standard InChI is InChI=1S/C14H23ClN4O2S3/c1-14(2)10-19(8-9-22-14)13(16-3)17-6-7-18-24(20,21)12-5-4-11(15)23-12/h4-5,18H,6-10H2,1-3H3,(H,16,17). The Morgan fingerprint density at radius 3 is 2.75 bits per heavy atom. The summed E-state index contributed by atoms with van der Waals surface area (Å²) in [5.41, 5.74) is 0. The van der Waals surface area contributed by atoms with E-state index < -0.39 is 10.0 Å². The van der Waals surface area contributed by atoms with E-state index in [-0.39, 0.29) is 15.5 Å². The molecule has 136 valence electrons. The second kappa shape index (κ2) is 8.27. The number of sulfonamides is 1. The molecule has 1 aliphatic heterocycles. The molecule has 0 radical (unpaired) electrons. The summed E-state index contributed by atoms with van der Waals surface area (Å²) in [6.07, 6.45) is 0. The van der Waals surface area contributed by atoms with E-state index in [0.717, 1.165) is 36.1 Å². The Kier molecular flexibility index (Phi) is 6.83. The average molecular weight is 411 g/mol. The van der Waals surface area contributed by atoms with Crippen LogP contribution >= 0.6 is 34.7 Å². The fourth-order valence-electron chi connectivity index (χ4n) is 2.40. The number of guanidine groups is 1. The maximum Gasteiger partial charge on any atom is 0.250 e. The van der Waals surface area contributed by atoms with Gasteiger partial charge in [0, 0.05) is 43.7 Å². The van der Waals surface area contributed by atoms with E-state index in [0.29, 0.717) is 10.9 Å². The third kappa shape index (κ3) is 5.52. The van der Waals surface area contributed by atoms with Crippen molar-refractivity contribution in [2.75, 3.05) is 39.0 Å². The van der Waals surface area contributed by atoms with Gasteiger partial charge in [-0.25, -0.2) is 13.1 Å². The van der Waals surface area contributed by atoms with Crippen LogP contribution in [0.1, 0.15) is 13.8 Å². The molecule has 0 bridgehead atoms. The summed E-state index contributed by atoms with van der Waals surface area (Å²) in [5, 5.41) is 3.22. The summed E-state index contributed by atoms with van der Waals surface area (Å²) in [6, 6.07) is 3.09. The summed E-state index contributed by atoms with van der Waals surface area (Å²) in [5.74, 6) is 1.86. The number of thiophene rings is 1. The Labute approximate surface area is 157 Å². The number of hydrogen-bond acceptors (Lipinski definition) is 5. The molecule has 0 atom stereocenters. The Morgan fingerprint density at radius 1 is 1.42 bits per heavy atom. The zero-order chi connectivity index (χ0) is 17.8. The van der Waals surface area contributed by atoms with E-state index in [2.05, 4.69) is 33.8 Å². The minimum Gasteiger partial charge on any atom is -0.355 e. The minimum atomic E-state index is -3.50. The van der Waals surface area contributed by atoms with Gasteiger partial charge in [-0.05, 0) is 26.0 Å². The number of nitrogens with one attached hydrogen (secondary N) is 2. The van der Waals surface area contributed by atoms with Crippen molar-refractivity contribution in [1.82, 2.24) is 14.9 Å². The second-order valence-corrected chi connectivity index (χ2v) is 11.5. The van der Waals surface area contributed by atoms with Crippen molar-refractivity contribution >= 4 is 50.7 Å². The lowest BCUT2D eigenvalue weighted by atomic mass is 10.2. The molecule has 2 rings (SSSR count). The Bertz CT molecular complexity index is 688. The van der Waals surface area contributed by atoms with Crippen LogP contribution in [0.2, 0.25) is 4.34 Å². The highest BCUT2D eigenvalue weighted by Gasteiger charge is 2.28. The zero-order valence-corrected chi connectivity index (χ0v) is 17.2. The van der Waals surface area contributed by atoms with Gasteiger partial charge in [-0.15, -0.1) is 11.3 Å². The van der Waals surface area contributed by atoms with Crippen LogP contribution in [0.3, 0.4) is 0 Å². The first kappa shape index (κ1) is 19.8. The van der Waals surface area contributed by atoms with E-state index in [1.807, 2.05) is 11.8 Å². The van der Waals surface area contributed by atoms with Gasteiger partial charge in [-0.1, -0.05) is 11.6 Å². The van der Waals surface area contributed by atoms with Gasteiger partial charge in [0.1, 0.15) is 4.21 Å². The lowest BCUT2D eigenvalue weighted by Crippen LogP contribution is -2.51. The maximum absolute atomic E-state index is 12.1. The van der Waals surface area contributed by atoms with Crippen LogP contribution in [0.5, 0.6) is 0 Å². The smallest absolute Gasteiger partial charge is 0.250 e. The molecular formula is C14H23ClN4O2S3. The van der Waals surface area contributed by atoms with Gasteiger partial charge in [0.2, 0.25) is 10.0 Å². The molecule has 0 spiro atoms. The Morgan fingerprint density at radius 2 is 2.17 bits per heavy atom. The van der Waals surface area contributed by atoms with Crippen molar-refractivity contribution in [1.29, 1.82) is 0 Å². The molecule has 0 aromatic carbocycles. The summed E-state index contributed by atoms with van der Waals surface area (Å²) in [7, 11) is -1.76. The molecule has 1 fully saturated rings. The maximum atomic E-state index is 12.1. The second-order valence-electron chi connectivity index (χ2n) is 5.96. The predicted molar refractivity (Wildman–Crippen MR) is 104 cm³/mol. The minimum absolute atomic E-state index is 0.190. The van der Waals surface area contributed by atoms with E-state index in [9.17, 15) is 8.42 Å². The molecule has 1 saturated heterocycles. The molecule has 6 nitrogen and oxygen atoms in total. The molecule has 0 amide bonds. The van der Waals surface area contributed by atoms with Crippen molar-refractivity contribution in [3.05, 3.63) is 16.5 Å². The highest BCUT2D eigenvalue weighted by Crippen LogP contribution is 2.29. The number of thioether (sulfide) groups is 1. The molecular weight excluding hydrogens is 388 g/mol. The van der Waals surface area contributed by atoms with Crippen LogP contribution < -0.4 is 10.0 Å². The fourth-order valence-corrected chi connectivity index (χ4v) is 6.07. The van der Waals surface area contributed by atoms with Crippen LogP contribution in [0.4, 0.5) is 0 Å². The molecule has 2 N–H and O–H groups in total. The number of halogens is 1. The van der Waals surface area contributed by atoms with Crippen LogP contribution in [-0.2, 0) is 10.0 Å². The van der Waals surface area contributed by atoms with Crippen molar-refractivity contribution in [2.24, 2.45) is 4.99 Å². The van der Waals surface area contributed by atoms with Crippen molar-refractivity contribution in [3.63, 3.8) is 0 Å². The first-order chi connectivity index (χ1) is 11.2. The molecule has 1 aromatic heterocycles. The average Bonchev–Trinajstić information content (AvgIpc) is 2.94. The highest BCUT2D eigenvalue weighted by atomic mass is 35.5. The highest BCUT2D eigenvalue weighted by molar-refractivity contribution is 8.00. The summed E-state index contributed by atoms with van der Waals surface area (Å²) >= 11 is 8.79. The Balaban J connectivity index is 1.82. The first-order valence-corrected chi connectivity index (χ1v) is 11.2. The van der Waals surface area contributed by atoms with Crippen LogP contribution in [0.25, 0.3) is 0 Å². The Hall–Kier alpha value is -0.480.